The van der Waals surface area contributed by atoms with Gasteiger partial charge in [-0.1, -0.05) is 12.1 Å². The minimum Gasteiger partial charge on any atom is -0.508 e. The molecule has 1 fully saturated rings. The number of rotatable bonds is 3. The Morgan fingerprint density at radius 2 is 1.94 bits per heavy atom. The van der Waals surface area contributed by atoms with Crippen molar-refractivity contribution in [3.05, 3.63) is 29.8 Å². The third-order valence-corrected chi connectivity index (χ3v) is 3.09. The van der Waals surface area contributed by atoms with Gasteiger partial charge in [-0.05, 0) is 30.5 Å². The topological polar surface area (TPSA) is 60.8 Å². The molecule has 0 spiro atoms. The minimum atomic E-state index is -0.683. The van der Waals surface area contributed by atoms with E-state index in [1.165, 1.54) is 12.1 Å². The van der Waals surface area contributed by atoms with Crippen molar-refractivity contribution >= 4 is 5.91 Å². The molecule has 0 aliphatic carbocycles. The summed E-state index contributed by atoms with van der Waals surface area (Å²) in [5, 5.41) is 19.2. The highest BCUT2D eigenvalue weighted by Crippen LogP contribution is 2.20. The van der Waals surface area contributed by atoms with Gasteiger partial charge in [-0.15, -0.1) is 0 Å². The number of nitrogens with zero attached hydrogens (tertiary/aromatic N) is 1. The van der Waals surface area contributed by atoms with Gasteiger partial charge in [0, 0.05) is 13.0 Å². The standard InChI is InChI=1S/C13H17NO3/c15-11-6-4-10(5-7-11)12(16)9-14-8-2-1-3-13(14)17/h4-7,12,15-16H,1-3,8-9H2. The smallest absolute Gasteiger partial charge is 0.222 e. The van der Waals surface area contributed by atoms with Gasteiger partial charge in [0.25, 0.3) is 0 Å². The fourth-order valence-electron chi connectivity index (χ4n) is 2.07. The van der Waals surface area contributed by atoms with Crippen molar-refractivity contribution in [2.45, 2.75) is 25.4 Å². The van der Waals surface area contributed by atoms with E-state index in [0.29, 0.717) is 13.0 Å². The van der Waals surface area contributed by atoms with Crippen LogP contribution in [0.1, 0.15) is 30.9 Å². The van der Waals surface area contributed by atoms with Crippen molar-refractivity contribution in [3.63, 3.8) is 0 Å². The first-order chi connectivity index (χ1) is 8.16. The molecule has 0 aromatic heterocycles. The van der Waals surface area contributed by atoms with Crippen LogP contribution in [0.5, 0.6) is 5.75 Å². The van der Waals surface area contributed by atoms with Gasteiger partial charge in [-0.3, -0.25) is 4.79 Å². The number of amides is 1. The molecule has 0 radical (unpaired) electrons. The molecule has 1 aliphatic rings. The predicted molar refractivity (Wildman–Crippen MR) is 63.5 cm³/mol. The third-order valence-electron chi connectivity index (χ3n) is 3.09. The maximum absolute atomic E-state index is 11.6. The Morgan fingerprint density at radius 1 is 1.24 bits per heavy atom. The van der Waals surface area contributed by atoms with E-state index in [1.54, 1.807) is 17.0 Å². The van der Waals surface area contributed by atoms with Gasteiger partial charge >= 0.3 is 0 Å². The van der Waals surface area contributed by atoms with Gasteiger partial charge in [-0.2, -0.15) is 0 Å². The average molecular weight is 235 g/mol. The molecule has 1 heterocycles. The van der Waals surface area contributed by atoms with E-state index in [2.05, 4.69) is 0 Å². The van der Waals surface area contributed by atoms with Crippen LogP contribution in [0.4, 0.5) is 0 Å². The third kappa shape index (κ3) is 2.97. The van der Waals surface area contributed by atoms with Crippen molar-refractivity contribution in [2.75, 3.05) is 13.1 Å². The predicted octanol–water partition coefficient (Wildman–Crippen LogP) is 1.44. The number of likely N-dealkylation sites (tertiary alicyclic amines) is 1. The molecule has 1 unspecified atom stereocenters. The number of phenolic OH excluding ortho intramolecular Hbond substituents is 1. The van der Waals surface area contributed by atoms with E-state index < -0.39 is 6.10 Å². The number of aliphatic hydroxyl groups is 1. The van der Waals surface area contributed by atoms with E-state index in [0.717, 1.165) is 24.9 Å². The number of phenols is 1. The number of β-amino-alcohol motifs (C(OH)–C–C–N with tert-alkyl or cyclic N) is 1. The first-order valence-corrected chi connectivity index (χ1v) is 5.91. The number of benzene rings is 1. The lowest BCUT2D eigenvalue weighted by atomic mass is 10.1. The normalized spacial score (nSPS) is 18.2. The molecule has 4 heteroatoms. The maximum atomic E-state index is 11.6. The zero-order valence-electron chi connectivity index (χ0n) is 9.67. The molecule has 0 saturated carbocycles. The van der Waals surface area contributed by atoms with Gasteiger partial charge < -0.3 is 15.1 Å². The molecular weight excluding hydrogens is 218 g/mol. The summed E-state index contributed by atoms with van der Waals surface area (Å²) in [7, 11) is 0. The van der Waals surface area contributed by atoms with Crippen LogP contribution in [0, 0.1) is 0 Å². The fourth-order valence-corrected chi connectivity index (χ4v) is 2.07. The summed E-state index contributed by atoms with van der Waals surface area (Å²) >= 11 is 0. The van der Waals surface area contributed by atoms with Crippen LogP contribution in [-0.4, -0.2) is 34.1 Å². The zero-order valence-corrected chi connectivity index (χ0v) is 9.67. The number of aliphatic hydroxyl groups excluding tert-OH is 1. The van der Waals surface area contributed by atoms with Crippen LogP contribution in [0.2, 0.25) is 0 Å². The van der Waals surface area contributed by atoms with Crippen LogP contribution >= 0.6 is 0 Å². The second-order valence-electron chi connectivity index (χ2n) is 4.40. The summed E-state index contributed by atoms with van der Waals surface area (Å²) in [6.07, 6.45) is 1.86. The minimum absolute atomic E-state index is 0.120. The summed E-state index contributed by atoms with van der Waals surface area (Å²) in [5.41, 5.74) is 0.723. The summed E-state index contributed by atoms with van der Waals surface area (Å²) in [4.78, 5) is 13.3. The van der Waals surface area contributed by atoms with Crippen LogP contribution in [0.25, 0.3) is 0 Å². The number of aromatic hydroxyl groups is 1. The number of hydrogen-bond acceptors (Lipinski definition) is 3. The van der Waals surface area contributed by atoms with Crippen LogP contribution in [-0.2, 0) is 4.79 Å². The van der Waals surface area contributed by atoms with Gasteiger partial charge in [0.1, 0.15) is 5.75 Å². The molecule has 17 heavy (non-hydrogen) atoms. The SMILES string of the molecule is O=C1CCCCN1CC(O)c1ccc(O)cc1. The fraction of sp³-hybridized carbons (Fsp3) is 0.462. The quantitative estimate of drug-likeness (QED) is 0.833. The van der Waals surface area contributed by atoms with Crippen LogP contribution < -0.4 is 0 Å². The highest BCUT2D eigenvalue weighted by molar-refractivity contribution is 5.76. The monoisotopic (exact) mass is 235 g/mol. The van der Waals surface area contributed by atoms with E-state index in [4.69, 9.17) is 5.11 Å². The molecule has 1 aromatic carbocycles. The average Bonchev–Trinajstić information content (AvgIpc) is 2.33. The first-order valence-electron chi connectivity index (χ1n) is 5.91. The molecule has 1 aromatic rings. The lowest BCUT2D eigenvalue weighted by Crippen LogP contribution is -2.38. The lowest BCUT2D eigenvalue weighted by molar-refractivity contribution is -0.134. The van der Waals surface area contributed by atoms with Gasteiger partial charge in [0.2, 0.25) is 5.91 Å². The highest BCUT2D eigenvalue weighted by atomic mass is 16.3. The molecule has 0 bridgehead atoms. The second kappa shape index (κ2) is 5.19. The molecule has 1 saturated heterocycles. The molecule has 92 valence electrons. The van der Waals surface area contributed by atoms with E-state index >= 15 is 0 Å². The van der Waals surface area contributed by atoms with E-state index in [1.807, 2.05) is 0 Å². The summed E-state index contributed by atoms with van der Waals surface area (Å²) in [5.74, 6) is 0.295. The van der Waals surface area contributed by atoms with Crippen molar-refractivity contribution in [1.29, 1.82) is 0 Å². The summed E-state index contributed by atoms with van der Waals surface area (Å²) < 4.78 is 0. The van der Waals surface area contributed by atoms with Crippen LogP contribution in [0.3, 0.4) is 0 Å². The number of hydrogen-bond donors (Lipinski definition) is 2. The number of piperidine rings is 1. The largest absolute Gasteiger partial charge is 0.508 e. The van der Waals surface area contributed by atoms with Gasteiger partial charge in [0.05, 0.1) is 12.6 Å². The van der Waals surface area contributed by atoms with Crippen molar-refractivity contribution in [1.82, 2.24) is 4.90 Å². The zero-order chi connectivity index (χ0) is 12.3. The summed E-state index contributed by atoms with van der Waals surface area (Å²) in [6.45, 7) is 1.07. The maximum Gasteiger partial charge on any atom is 0.222 e. The Bertz CT molecular complexity index is 388. The van der Waals surface area contributed by atoms with Crippen molar-refractivity contribution in [3.8, 4) is 5.75 Å². The Balaban J connectivity index is 1.98. The molecule has 1 atom stereocenters. The van der Waals surface area contributed by atoms with E-state index in [9.17, 15) is 9.90 Å². The molecule has 2 N–H and O–H groups in total. The number of carbonyl (C=O) groups excluding carboxylic acids is 1. The Morgan fingerprint density at radius 3 is 2.59 bits per heavy atom. The Kier molecular flexibility index (Phi) is 3.64. The van der Waals surface area contributed by atoms with Crippen molar-refractivity contribution in [2.24, 2.45) is 0 Å². The number of carbonyl (C=O) groups is 1. The molecule has 1 aliphatic heterocycles. The molecule has 2 rings (SSSR count). The first kappa shape index (κ1) is 11.9. The van der Waals surface area contributed by atoms with Crippen LogP contribution in [0.15, 0.2) is 24.3 Å². The Hall–Kier alpha value is -1.55. The van der Waals surface area contributed by atoms with Crippen molar-refractivity contribution < 1.29 is 15.0 Å². The lowest BCUT2D eigenvalue weighted by Gasteiger charge is -2.28. The van der Waals surface area contributed by atoms with Gasteiger partial charge in [0.15, 0.2) is 0 Å². The van der Waals surface area contributed by atoms with E-state index in [-0.39, 0.29) is 11.7 Å². The molecule has 4 nitrogen and oxygen atoms in total. The summed E-state index contributed by atoms with van der Waals surface area (Å²) in [6, 6.07) is 6.43. The Labute approximate surface area is 100 Å². The van der Waals surface area contributed by atoms with Gasteiger partial charge in [-0.25, -0.2) is 0 Å². The highest BCUT2D eigenvalue weighted by Gasteiger charge is 2.21. The molecular formula is C13H17NO3. The molecule has 1 amide bonds. The second-order valence-corrected chi connectivity index (χ2v) is 4.40.